The number of carbonyl (C=O) groups is 1. The Bertz CT molecular complexity index is 349. The Morgan fingerprint density at radius 2 is 1.94 bits per heavy atom. The van der Waals surface area contributed by atoms with E-state index in [-0.39, 0.29) is 5.91 Å². The van der Waals surface area contributed by atoms with Crippen molar-refractivity contribution in [3.05, 3.63) is 24.3 Å². The molecule has 0 heterocycles. The number of benzene rings is 1. The van der Waals surface area contributed by atoms with Crippen LogP contribution in [0.15, 0.2) is 29.2 Å². The summed E-state index contributed by atoms with van der Waals surface area (Å²) in [5.41, 5.74) is 0.848. The Labute approximate surface area is 107 Å². The lowest BCUT2D eigenvalue weighted by molar-refractivity contribution is -0.115. The average molecular weight is 252 g/mol. The van der Waals surface area contributed by atoms with Crippen LogP contribution in [0.1, 0.15) is 20.8 Å². The van der Waals surface area contributed by atoms with Gasteiger partial charge in [0.25, 0.3) is 0 Å². The first-order chi connectivity index (χ1) is 8.11. The van der Waals surface area contributed by atoms with Gasteiger partial charge < -0.3 is 10.6 Å². The number of likely N-dealkylation sites (N-methyl/N-ethyl adjacent to an activating group) is 1. The molecule has 17 heavy (non-hydrogen) atoms. The van der Waals surface area contributed by atoms with Crippen LogP contribution in [0.5, 0.6) is 0 Å². The van der Waals surface area contributed by atoms with E-state index in [1.54, 1.807) is 0 Å². The Hall–Kier alpha value is -1.00. The lowest BCUT2D eigenvalue weighted by Crippen LogP contribution is -2.27. The van der Waals surface area contributed by atoms with Crippen LogP contribution in [0.2, 0.25) is 0 Å². The Balaban J connectivity index is 2.47. The number of hydrogen-bond acceptors (Lipinski definition) is 3. The number of rotatable bonds is 6. The maximum atomic E-state index is 11.5. The molecule has 0 unspecified atom stereocenters. The third-order valence-corrected chi connectivity index (χ3v) is 3.06. The van der Waals surface area contributed by atoms with Gasteiger partial charge in [-0.15, -0.1) is 11.8 Å². The second kappa shape index (κ2) is 7.35. The monoisotopic (exact) mass is 252 g/mol. The second-order valence-corrected chi connectivity index (χ2v) is 5.67. The molecule has 0 saturated carbocycles. The summed E-state index contributed by atoms with van der Waals surface area (Å²) in [6, 6.07) is 7.95. The van der Waals surface area contributed by atoms with Crippen molar-refractivity contribution in [2.24, 2.45) is 0 Å². The van der Waals surface area contributed by atoms with Gasteiger partial charge in [-0.3, -0.25) is 4.79 Å². The van der Waals surface area contributed by atoms with Crippen LogP contribution < -0.4 is 10.6 Å². The molecule has 0 bridgehead atoms. The molecule has 0 radical (unpaired) electrons. The Kier molecular flexibility index (Phi) is 6.08. The molecule has 1 aromatic rings. The molecule has 1 amide bonds. The number of carbonyl (C=O) groups excluding carboxylic acids is 1. The zero-order chi connectivity index (χ0) is 12.7. The molecule has 0 fully saturated rings. The minimum Gasteiger partial charge on any atom is -0.325 e. The molecule has 3 nitrogen and oxygen atoms in total. The average Bonchev–Trinajstić information content (AvgIpc) is 2.28. The molecule has 0 saturated heterocycles. The fourth-order valence-electron chi connectivity index (χ4n) is 1.33. The highest BCUT2D eigenvalue weighted by molar-refractivity contribution is 7.99. The third-order valence-electron chi connectivity index (χ3n) is 2.05. The van der Waals surface area contributed by atoms with Crippen molar-refractivity contribution >= 4 is 23.4 Å². The van der Waals surface area contributed by atoms with Gasteiger partial charge in [-0.05, 0) is 30.8 Å². The molecule has 2 N–H and O–H groups in total. The first-order valence-corrected chi connectivity index (χ1v) is 6.77. The summed E-state index contributed by atoms with van der Waals surface area (Å²) >= 11 is 1.81. The zero-order valence-electron chi connectivity index (χ0n) is 10.6. The molecular formula is C13H20N2OS. The van der Waals surface area contributed by atoms with Crippen molar-refractivity contribution in [2.75, 3.05) is 18.4 Å². The number of hydrogen-bond donors (Lipinski definition) is 2. The predicted octanol–water partition coefficient (Wildman–Crippen LogP) is 2.74. The summed E-state index contributed by atoms with van der Waals surface area (Å²) in [6.07, 6.45) is 0. The highest BCUT2D eigenvalue weighted by Crippen LogP contribution is 2.23. The van der Waals surface area contributed by atoms with E-state index in [0.717, 1.165) is 12.2 Å². The quantitative estimate of drug-likeness (QED) is 0.765. The summed E-state index contributed by atoms with van der Waals surface area (Å²) in [4.78, 5) is 12.7. The van der Waals surface area contributed by atoms with Gasteiger partial charge in [0.2, 0.25) is 5.91 Å². The number of nitrogens with one attached hydrogen (secondary N) is 2. The smallest absolute Gasteiger partial charge is 0.238 e. The molecule has 1 rings (SSSR count). The number of anilines is 1. The van der Waals surface area contributed by atoms with Crippen molar-refractivity contribution < 1.29 is 4.79 Å². The van der Waals surface area contributed by atoms with Gasteiger partial charge in [0.05, 0.1) is 6.54 Å². The van der Waals surface area contributed by atoms with Crippen molar-refractivity contribution in [2.45, 2.75) is 30.9 Å². The lowest BCUT2D eigenvalue weighted by atomic mass is 10.3. The van der Waals surface area contributed by atoms with Gasteiger partial charge in [-0.25, -0.2) is 0 Å². The summed E-state index contributed by atoms with van der Waals surface area (Å²) in [5.74, 6) is -0.00360. The van der Waals surface area contributed by atoms with E-state index in [1.807, 2.05) is 43.0 Å². The predicted molar refractivity (Wildman–Crippen MR) is 74.6 cm³/mol. The number of thioether (sulfide) groups is 1. The lowest BCUT2D eigenvalue weighted by Gasteiger charge is -2.08. The van der Waals surface area contributed by atoms with E-state index < -0.39 is 0 Å². The van der Waals surface area contributed by atoms with Crippen LogP contribution in [0.4, 0.5) is 5.69 Å². The summed E-state index contributed by atoms with van der Waals surface area (Å²) < 4.78 is 0. The van der Waals surface area contributed by atoms with Crippen LogP contribution in [-0.2, 0) is 4.79 Å². The van der Waals surface area contributed by atoms with Crippen molar-refractivity contribution in [3.63, 3.8) is 0 Å². The fraction of sp³-hybridized carbons (Fsp3) is 0.462. The maximum Gasteiger partial charge on any atom is 0.238 e. The van der Waals surface area contributed by atoms with E-state index in [9.17, 15) is 4.79 Å². The zero-order valence-corrected chi connectivity index (χ0v) is 11.4. The van der Waals surface area contributed by atoms with E-state index >= 15 is 0 Å². The molecule has 0 atom stereocenters. The maximum absolute atomic E-state index is 11.5. The summed E-state index contributed by atoms with van der Waals surface area (Å²) in [7, 11) is 0. The Morgan fingerprint density at radius 3 is 2.47 bits per heavy atom. The molecule has 0 aliphatic rings. The summed E-state index contributed by atoms with van der Waals surface area (Å²) in [5, 5.41) is 6.41. The van der Waals surface area contributed by atoms with E-state index in [0.29, 0.717) is 11.8 Å². The van der Waals surface area contributed by atoms with Gasteiger partial charge >= 0.3 is 0 Å². The van der Waals surface area contributed by atoms with Crippen molar-refractivity contribution in [3.8, 4) is 0 Å². The first-order valence-electron chi connectivity index (χ1n) is 5.89. The molecular weight excluding hydrogens is 232 g/mol. The van der Waals surface area contributed by atoms with Gasteiger partial charge in [-0.1, -0.05) is 20.8 Å². The molecule has 0 aromatic heterocycles. The first kappa shape index (κ1) is 14.1. The largest absolute Gasteiger partial charge is 0.325 e. The molecule has 4 heteroatoms. The molecule has 0 spiro atoms. The second-order valence-electron chi connectivity index (χ2n) is 4.02. The topological polar surface area (TPSA) is 41.1 Å². The van der Waals surface area contributed by atoms with Crippen LogP contribution in [-0.4, -0.2) is 24.2 Å². The highest BCUT2D eigenvalue weighted by atomic mass is 32.2. The molecule has 0 aliphatic heterocycles. The van der Waals surface area contributed by atoms with E-state index in [1.165, 1.54) is 4.90 Å². The van der Waals surface area contributed by atoms with Crippen molar-refractivity contribution in [1.82, 2.24) is 5.32 Å². The number of amides is 1. The van der Waals surface area contributed by atoms with Crippen LogP contribution in [0, 0.1) is 0 Å². The molecule has 1 aromatic carbocycles. The van der Waals surface area contributed by atoms with Gasteiger partial charge in [0.15, 0.2) is 0 Å². The van der Waals surface area contributed by atoms with Gasteiger partial charge in [-0.2, -0.15) is 0 Å². The fourth-order valence-corrected chi connectivity index (χ4v) is 2.17. The van der Waals surface area contributed by atoms with Crippen LogP contribution in [0.3, 0.4) is 0 Å². The minimum absolute atomic E-state index is 0.00360. The molecule has 0 aliphatic carbocycles. The highest BCUT2D eigenvalue weighted by Gasteiger charge is 2.02. The van der Waals surface area contributed by atoms with E-state index in [4.69, 9.17) is 0 Å². The molecule has 94 valence electrons. The SMILES string of the molecule is CCNCC(=O)Nc1ccc(SC(C)C)cc1. The van der Waals surface area contributed by atoms with Gasteiger partial charge in [0.1, 0.15) is 0 Å². The minimum atomic E-state index is -0.00360. The summed E-state index contributed by atoms with van der Waals surface area (Å²) in [6.45, 7) is 7.47. The van der Waals surface area contributed by atoms with Crippen LogP contribution in [0.25, 0.3) is 0 Å². The van der Waals surface area contributed by atoms with Crippen molar-refractivity contribution in [1.29, 1.82) is 0 Å². The standard InChI is InChI=1S/C13H20N2OS/c1-4-14-9-13(16)15-11-5-7-12(8-6-11)17-10(2)3/h5-8,10,14H,4,9H2,1-3H3,(H,15,16). The third kappa shape index (κ3) is 5.75. The van der Waals surface area contributed by atoms with E-state index in [2.05, 4.69) is 24.5 Å². The van der Waals surface area contributed by atoms with Crippen LogP contribution >= 0.6 is 11.8 Å². The Morgan fingerprint density at radius 1 is 1.29 bits per heavy atom. The normalized spacial score (nSPS) is 10.6. The van der Waals surface area contributed by atoms with Gasteiger partial charge in [0, 0.05) is 15.8 Å².